The topological polar surface area (TPSA) is 295 Å². The van der Waals surface area contributed by atoms with Crippen LogP contribution in [0.25, 0.3) is 0 Å². The minimum atomic E-state index is -1.61. The van der Waals surface area contributed by atoms with Crippen molar-refractivity contribution >= 4 is 41.5 Å². The number of rotatable bonds is 15. The number of aliphatic imine (C=N–C) groups is 1. The zero-order chi connectivity index (χ0) is 24.8. The Labute approximate surface area is 182 Å². The number of nitrogens with one attached hydrogen (secondary N) is 3. The zero-order valence-electron chi connectivity index (χ0n) is 17.1. The Morgan fingerprint density at radius 1 is 0.875 bits per heavy atom. The van der Waals surface area contributed by atoms with Gasteiger partial charge in [-0.15, -0.1) is 0 Å². The van der Waals surface area contributed by atoms with Crippen LogP contribution in [0.4, 0.5) is 0 Å². The predicted octanol–water partition coefficient (Wildman–Crippen LogP) is -5.11. The standard InChI is InChI=1S/C16H28N8O8/c17-7(2-1-3-21-16(19)20)13(29)24-8(5-12(27)28)14(30)22-6-11(26)23-9(15(31)32)4-10(18)25/h7-9H,1-6,17H2,(H2,18,25)(H,22,30)(H,23,26)(H,24,29)(H,27,28)(H,31,32)(H4,19,20,21). The number of carbonyl (C=O) groups excluding carboxylic acids is 4. The first-order chi connectivity index (χ1) is 14.8. The van der Waals surface area contributed by atoms with E-state index in [0.717, 1.165) is 0 Å². The molecule has 3 atom stereocenters. The summed E-state index contributed by atoms with van der Waals surface area (Å²) in [5.41, 5.74) is 20.9. The van der Waals surface area contributed by atoms with Gasteiger partial charge in [0.15, 0.2) is 5.96 Å². The van der Waals surface area contributed by atoms with Gasteiger partial charge >= 0.3 is 11.9 Å². The van der Waals surface area contributed by atoms with Crippen molar-refractivity contribution in [2.75, 3.05) is 13.1 Å². The summed E-state index contributed by atoms with van der Waals surface area (Å²) < 4.78 is 0. The molecule has 0 radical (unpaired) electrons. The number of aliphatic carboxylic acids is 2. The summed E-state index contributed by atoms with van der Waals surface area (Å²) in [6.45, 7) is -0.539. The molecule has 0 heterocycles. The van der Waals surface area contributed by atoms with Gasteiger partial charge in [-0.1, -0.05) is 0 Å². The van der Waals surface area contributed by atoms with Crippen LogP contribution in [0.2, 0.25) is 0 Å². The first-order valence-electron chi connectivity index (χ1n) is 9.24. The highest BCUT2D eigenvalue weighted by Gasteiger charge is 2.27. The average molecular weight is 460 g/mol. The van der Waals surface area contributed by atoms with E-state index in [1.165, 1.54) is 0 Å². The second kappa shape index (κ2) is 14.1. The van der Waals surface area contributed by atoms with Gasteiger partial charge in [-0.3, -0.25) is 29.0 Å². The maximum atomic E-state index is 12.2. The third kappa shape index (κ3) is 12.6. The number of nitrogens with zero attached hydrogens (tertiary/aromatic N) is 1. The van der Waals surface area contributed by atoms with Crippen molar-refractivity contribution < 1.29 is 39.0 Å². The van der Waals surface area contributed by atoms with E-state index in [2.05, 4.69) is 15.6 Å². The van der Waals surface area contributed by atoms with Crippen LogP contribution < -0.4 is 38.9 Å². The van der Waals surface area contributed by atoms with Crippen molar-refractivity contribution in [1.29, 1.82) is 0 Å². The summed E-state index contributed by atoms with van der Waals surface area (Å²) in [5.74, 6) is -6.85. The highest BCUT2D eigenvalue weighted by atomic mass is 16.4. The monoisotopic (exact) mass is 460 g/mol. The predicted molar refractivity (Wildman–Crippen MR) is 108 cm³/mol. The van der Waals surface area contributed by atoms with Crippen LogP contribution in [-0.2, 0) is 28.8 Å². The summed E-state index contributed by atoms with van der Waals surface area (Å²) in [6, 6.07) is -4.25. The molecule has 0 saturated heterocycles. The first-order valence-corrected chi connectivity index (χ1v) is 9.24. The molecule has 0 saturated carbocycles. The summed E-state index contributed by atoms with van der Waals surface area (Å²) >= 11 is 0. The SMILES string of the molecule is NC(=O)CC(NC(=O)CNC(=O)C(CC(=O)O)NC(=O)C(N)CCCN=C(N)N)C(=O)O. The third-order valence-electron chi connectivity index (χ3n) is 3.78. The lowest BCUT2D eigenvalue weighted by atomic mass is 10.1. The second-order valence-corrected chi connectivity index (χ2v) is 6.56. The van der Waals surface area contributed by atoms with Crippen LogP contribution in [0.15, 0.2) is 4.99 Å². The van der Waals surface area contributed by atoms with E-state index in [-0.39, 0.29) is 18.9 Å². The number of primary amides is 1. The molecule has 0 aromatic heterocycles. The van der Waals surface area contributed by atoms with E-state index in [4.69, 9.17) is 33.1 Å². The Morgan fingerprint density at radius 3 is 2.00 bits per heavy atom. The molecule has 180 valence electrons. The Hall–Kier alpha value is -3.95. The summed E-state index contributed by atoms with van der Waals surface area (Å²) in [5, 5.41) is 24.1. The quantitative estimate of drug-likeness (QED) is 0.0632. The van der Waals surface area contributed by atoms with Crippen LogP contribution in [0.5, 0.6) is 0 Å². The van der Waals surface area contributed by atoms with E-state index < -0.39 is 73.1 Å². The van der Waals surface area contributed by atoms with Gasteiger partial charge in [0.05, 0.1) is 25.4 Å². The van der Waals surface area contributed by atoms with Crippen LogP contribution >= 0.6 is 0 Å². The first kappa shape index (κ1) is 28.0. The number of amides is 4. The smallest absolute Gasteiger partial charge is 0.326 e. The lowest BCUT2D eigenvalue weighted by Gasteiger charge is -2.19. The summed E-state index contributed by atoms with van der Waals surface area (Å²) in [6.07, 6.45) is -0.992. The number of hydrogen-bond donors (Lipinski definition) is 9. The van der Waals surface area contributed by atoms with Crippen LogP contribution in [0, 0.1) is 0 Å². The lowest BCUT2D eigenvalue weighted by Crippen LogP contribution is -2.54. The molecule has 0 aliphatic rings. The number of carboxylic acid groups (broad SMARTS) is 2. The minimum Gasteiger partial charge on any atom is -0.481 e. The van der Waals surface area contributed by atoms with Gasteiger partial charge in [-0.25, -0.2) is 4.79 Å². The highest BCUT2D eigenvalue weighted by Crippen LogP contribution is 1.99. The largest absolute Gasteiger partial charge is 0.481 e. The Bertz CT molecular complexity index is 752. The van der Waals surface area contributed by atoms with Crippen LogP contribution in [0.1, 0.15) is 25.7 Å². The molecule has 0 rings (SSSR count). The fourth-order valence-electron chi connectivity index (χ4n) is 2.25. The molecule has 0 aliphatic carbocycles. The molecule has 0 aromatic carbocycles. The van der Waals surface area contributed by atoms with Crippen molar-refractivity contribution in [2.45, 2.75) is 43.8 Å². The normalized spacial score (nSPS) is 13.0. The van der Waals surface area contributed by atoms with Crippen molar-refractivity contribution in [3.63, 3.8) is 0 Å². The Morgan fingerprint density at radius 2 is 1.50 bits per heavy atom. The van der Waals surface area contributed by atoms with E-state index in [9.17, 15) is 28.8 Å². The Kier molecular flexibility index (Phi) is 12.4. The highest BCUT2D eigenvalue weighted by molar-refractivity contribution is 5.94. The molecule has 0 fully saturated rings. The molecule has 4 amide bonds. The molecule has 13 N–H and O–H groups in total. The van der Waals surface area contributed by atoms with Gasteiger partial charge in [0.2, 0.25) is 23.6 Å². The van der Waals surface area contributed by atoms with Gasteiger partial charge in [0.25, 0.3) is 0 Å². The molecule has 0 aliphatic heterocycles. The molecular formula is C16H28N8O8. The van der Waals surface area contributed by atoms with E-state index in [0.29, 0.717) is 6.42 Å². The van der Waals surface area contributed by atoms with Crippen molar-refractivity contribution in [2.24, 2.45) is 27.9 Å². The minimum absolute atomic E-state index is 0.130. The van der Waals surface area contributed by atoms with Crippen LogP contribution in [0.3, 0.4) is 0 Å². The summed E-state index contributed by atoms with van der Waals surface area (Å²) in [7, 11) is 0. The molecule has 0 spiro atoms. The molecule has 0 aromatic rings. The lowest BCUT2D eigenvalue weighted by molar-refractivity contribution is -0.143. The van der Waals surface area contributed by atoms with E-state index >= 15 is 0 Å². The number of nitrogens with two attached hydrogens (primary N) is 4. The van der Waals surface area contributed by atoms with Crippen molar-refractivity contribution in [3.8, 4) is 0 Å². The zero-order valence-corrected chi connectivity index (χ0v) is 17.1. The maximum absolute atomic E-state index is 12.2. The van der Waals surface area contributed by atoms with Gasteiger partial charge in [-0.05, 0) is 12.8 Å². The number of hydrogen-bond acceptors (Lipinski definition) is 8. The second-order valence-electron chi connectivity index (χ2n) is 6.56. The summed E-state index contributed by atoms with van der Waals surface area (Å²) in [4.78, 5) is 72.8. The number of carbonyl (C=O) groups is 6. The van der Waals surface area contributed by atoms with Gasteiger partial charge in [0, 0.05) is 6.54 Å². The van der Waals surface area contributed by atoms with Crippen LogP contribution in [-0.4, -0.2) is 83.0 Å². The number of guanidine groups is 1. The molecule has 0 bridgehead atoms. The number of carboxylic acids is 2. The molecule has 16 heteroatoms. The molecule has 16 nitrogen and oxygen atoms in total. The van der Waals surface area contributed by atoms with Gasteiger partial charge in [0.1, 0.15) is 12.1 Å². The third-order valence-corrected chi connectivity index (χ3v) is 3.78. The molecule has 3 unspecified atom stereocenters. The van der Waals surface area contributed by atoms with Gasteiger partial charge < -0.3 is 49.1 Å². The van der Waals surface area contributed by atoms with E-state index in [1.807, 2.05) is 5.32 Å². The fourth-order valence-corrected chi connectivity index (χ4v) is 2.25. The van der Waals surface area contributed by atoms with Crippen molar-refractivity contribution in [3.05, 3.63) is 0 Å². The fraction of sp³-hybridized carbons (Fsp3) is 0.562. The molecule has 32 heavy (non-hydrogen) atoms. The van der Waals surface area contributed by atoms with Crippen molar-refractivity contribution in [1.82, 2.24) is 16.0 Å². The average Bonchev–Trinajstić information content (AvgIpc) is 2.67. The van der Waals surface area contributed by atoms with E-state index in [1.54, 1.807) is 0 Å². The maximum Gasteiger partial charge on any atom is 0.326 e. The van der Waals surface area contributed by atoms with Gasteiger partial charge in [-0.2, -0.15) is 0 Å². The molecular weight excluding hydrogens is 432 g/mol. The Balaban J connectivity index is 4.83.